The highest BCUT2D eigenvalue weighted by molar-refractivity contribution is 7.26. The third-order valence-electron chi connectivity index (χ3n) is 14.3. The van der Waals surface area contributed by atoms with Gasteiger partial charge in [0.1, 0.15) is 0 Å². The molecule has 67 heavy (non-hydrogen) atoms. The molecule has 0 spiro atoms. The van der Waals surface area contributed by atoms with Crippen molar-refractivity contribution in [3.8, 4) is 55.6 Å². The SMILES string of the molecule is CC1(C)c2cc(-c3ccccc3)ccc2-c2ccc(N(c3ccc(-c4ccc(-c5cccc6c5sc5ccccc56)cc4)cc3)c3ccc(-c4cc5ccccc5c5ccccc45)cc3)cc21. The summed E-state index contributed by atoms with van der Waals surface area (Å²) < 4.78 is 2.67. The maximum Gasteiger partial charge on any atom is 0.0465 e. The van der Waals surface area contributed by atoms with Crippen LogP contribution in [0.15, 0.2) is 237 Å². The zero-order chi connectivity index (χ0) is 44.6. The molecule has 0 aliphatic heterocycles. The Balaban J connectivity index is 0.885. The van der Waals surface area contributed by atoms with Gasteiger partial charge in [-0.05, 0) is 143 Å². The van der Waals surface area contributed by atoms with E-state index < -0.39 is 0 Å². The molecule has 0 saturated heterocycles. The Bertz CT molecular complexity index is 3860. The molecular weight excluding hydrogens is 827 g/mol. The van der Waals surface area contributed by atoms with Crippen molar-refractivity contribution in [3.63, 3.8) is 0 Å². The summed E-state index contributed by atoms with van der Waals surface area (Å²) in [6.45, 7) is 4.76. The molecule has 2 heteroatoms. The molecule has 1 aliphatic carbocycles. The first-order valence-electron chi connectivity index (χ1n) is 23.2. The monoisotopic (exact) mass is 871 g/mol. The van der Waals surface area contributed by atoms with E-state index in [0.717, 1.165) is 17.1 Å². The van der Waals surface area contributed by atoms with Crippen LogP contribution in [0.1, 0.15) is 25.0 Å². The molecule has 0 bridgehead atoms. The van der Waals surface area contributed by atoms with Crippen LogP contribution in [0.5, 0.6) is 0 Å². The second-order valence-electron chi connectivity index (χ2n) is 18.5. The third kappa shape index (κ3) is 6.51. The number of hydrogen-bond donors (Lipinski definition) is 0. The summed E-state index contributed by atoms with van der Waals surface area (Å²) in [6, 6.07) is 87.6. The van der Waals surface area contributed by atoms with Gasteiger partial charge >= 0.3 is 0 Å². The van der Waals surface area contributed by atoms with E-state index in [0.29, 0.717) is 0 Å². The van der Waals surface area contributed by atoms with Gasteiger partial charge < -0.3 is 4.90 Å². The van der Waals surface area contributed by atoms with Gasteiger partial charge in [-0.2, -0.15) is 0 Å². The second-order valence-corrected chi connectivity index (χ2v) is 19.5. The summed E-state index contributed by atoms with van der Waals surface area (Å²) in [4.78, 5) is 2.43. The molecule has 11 aromatic carbocycles. The molecule has 0 saturated carbocycles. The van der Waals surface area contributed by atoms with Crippen LogP contribution in [-0.2, 0) is 5.41 Å². The van der Waals surface area contributed by atoms with Gasteiger partial charge in [-0.25, -0.2) is 0 Å². The van der Waals surface area contributed by atoms with E-state index in [9.17, 15) is 0 Å². The van der Waals surface area contributed by atoms with E-state index in [1.165, 1.54) is 108 Å². The minimum Gasteiger partial charge on any atom is -0.310 e. The average molecular weight is 872 g/mol. The Labute approximate surface area is 395 Å². The van der Waals surface area contributed by atoms with E-state index in [1.807, 2.05) is 11.3 Å². The van der Waals surface area contributed by atoms with E-state index in [1.54, 1.807) is 0 Å². The summed E-state index contributed by atoms with van der Waals surface area (Å²) in [5.41, 5.74) is 18.4. The number of anilines is 3. The standard InChI is InChI=1S/C65H45NS/c1-65(2)61-40-47(42-13-4-3-5-14-42)31-37-56(61)57-38-36-51(41-62(57)65)66(50-34-29-46(30-35-50)60-39-48-15-6-7-16-52(48)54-17-8-9-18-55(54)60)49-32-27-44(28-33-49)43-23-25-45(26-24-43)53-20-12-21-59-58-19-10-11-22-63(58)67-64(53)59/h3-41H,1-2H3. The highest BCUT2D eigenvalue weighted by Gasteiger charge is 2.36. The summed E-state index contributed by atoms with van der Waals surface area (Å²) in [5.74, 6) is 0. The van der Waals surface area contributed by atoms with Gasteiger partial charge in [-0.15, -0.1) is 11.3 Å². The van der Waals surface area contributed by atoms with Crippen LogP contribution in [0.25, 0.3) is 97.4 Å². The molecule has 1 aromatic heterocycles. The van der Waals surface area contributed by atoms with E-state index in [-0.39, 0.29) is 5.41 Å². The first-order chi connectivity index (χ1) is 33.0. The fourth-order valence-corrected chi connectivity index (χ4v) is 12.1. The Morgan fingerprint density at radius 2 is 0.821 bits per heavy atom. The Morgan fingerprint density at radius 3 is 1.57 bits per heavy atom. The van der Waals surface area contributed by atoms with E-state index >= 15 is 0 Å². The summed E-state index contributed by atoms with van der Waals surface area (Å²) in [6.07, 6.45) is 0. The fraction of sp³-hybridized carbons (Fsp3) is 0.0462. The van der Waals surface area contributed by atoms with Gasteiger partial charge in [-0.1, -0.05) is 196 Å². The maximum atomic E-state index is 2.44. The zero-order valence-corrected chi connectivity index (χ0v) is 38.2. The van der Waals surface area contributed by atoms with Gasteiger partial charge in [0, 0.05) is 42.6 Å². The van der Waals surface area contributed by atoms with Crippen LogP contribution in [0.2, 0.25) is 0 Å². The quantitative estimate of drug-likeness (QED) is 0.144. The first-order valence-corrected chi connectivity index (χ1v) is 24.0. The maximum absolute atomic E-state index is 2.44. The molecular formula is C65H45NS. The van der Waals surface area contributed by atoms with Crippen molar-refractivity contribution in [2.45, 2.75) is 19.3 Å². The predicted octanol–water partition coefficient (Wildman–Crippen LogP) is 18.8. The Hall–Kier alpha value is -8.04. The molecule has 0 atom stereocenters. The third-order valence-corrected chi connectivity index (χ3v) is 15.5. The van der Waals surface area contributed by atoms with Gasteiger partial charge in [0.25, 0.3) is 0 Å². The predicted molar refractivity (Wildman–Crippen MR) is 288 cm³/mol. The van der Waals surface area contributed by atoms with Crippen LogP contribution in [-0.4, -0.2) is 0 Å². The average Bonchev–Trinajstić information content (AvgIpc) is 3.88. The van der Waals surface area contributed by atoms with Crippen molar-refractivity contribution in [3.05, 3.63) is 248 Å². The molecule has 1 nitrogen and oxygen atoms in total. The van der Waals surface area contributed by atoms with E-state index in [2.05, 4.69) is 255 Å². The summed E-state index contributed by atoms with van der Waals surface area (Å²) in [5, 5.41) is 7.74. The zero-order valence-electron chi connectivity index (χ0n) is 37.4. The normalized spacial score (nSPS) is 12.7. The Kier molecular flexibility index (Phi) is 9.13. The lowest BCUT2D eigenvalue weighted by Gasteiger charge is -2.28. The van der Waals surface area contributed by atoms with Crippen molar-refractivity contribution >= 4 is 70.1 Å². The van der Waals surface area contributed by atoms with Crippen molar-refractivity contribution in [1.29, 1.82) is 0 Å². The molecule has 0 amide bonds. The smallest absolute Gasteiger partial charge is 0.0465 e. The van der Waals surface area contributed by atoms with Crippen LogP contribution in [0, 0.1) is 0 Å². The highest BCUT2D eigenvalue weighted by atomic mass is 32.1. The number of benzene rings is 11. The van der Waals surface area contributed by atoms with Crippen LogP contribution in [0.4, 0.5) is 17.1 Å². The lowest BCUT2D eigenvalue weighted by molar-refractivity contribution is 0.660. The summed E-state index contributed by atoms with van der Waals surface area (Å²) in [7, 11) is 0. The molecule has 316 valence electrons. The molecule has 13 rings (SSSR count). The molecule has 1 aliphatic rings. The molecule has 0 radical (unpaired) electrons. The number of thiophene rings is 1. The molecule has 0 N–H and O–H groups in total. The van der Waals surface area contributed by atoms with Crippen molar-refractivity contribution in [1.82, 2.24) is 0 Å². The lowest BCUT2D eigenvalue weighted by atomic mass is 9.81. The van der Waals surface area contributed by atoms with Crippen LogP contribution < -0.4 is 4.90 Å². The number of fused-ring (bicyclic) bond motifs is 9. The molecule has 12 aromatic rings. The molecule has 0 fully saturated rings. The largest absolute Gasteiger partial charge is 0.310 e. The minimum atomic E-state index is -0.184. The van der Waals surface area contributed by atoms with Gasteiger partial charge in [0.15, 0.2) is 0 Å². The number of hydrogen-bond acceptors (Lipinski definition) is 2. The Morgan fingerprint density at radius 1 is 0.313 bits per heavy atom. The van der Waals surface area contributed by atoms with Crippen LogP contribution >= 0.6 is 11.3 Å². The number of rotatable bonds is 7. The topological polar surface area (TPSA) is 3.24 Å². The van der Waals surface area contributed by atoms with Crippen molar-refractivity contribution < 1.29 is 0 Å². The molecule has 0 unspecified atom stereocenters. The minimum absolute atomic E-state index is 0.184. The van der Waals surface area contributed by atoms with Gasteiger partial charge in [0.05, 0.1) is 0 Å². The second kappa shape index (κ2) is 15.6. The van der Waals surface area contributed by atoms with Gasteiger partial charge in [-0.3, -0.25) is 0 Å². The fourth-order valence-electron chi connectivity index (χ4n) is 10.8. The first kappa shape index (κ1) is 39.3. The molecule has 1 heterocycles. The summed E-state index contributed by atoms with van der Waals surface area (Å²) >= 11 is 1.88. The van der Waals surface area contributed by atoms with Gasteiger partial charge in [0.2, 0.25) is 0 Å². The van der Waals surface area contributed by atoms with Crippen LogP contribution in [0.3, 0.4) is 0 Å². The van der Waals surface area contributed by atoms with Crippen molar-refractivity contribution in [2.24, 2.45) is 0 Å². The van der Waals surface area contributed by atoms with E-state index in [4.69, 9.17) is 0 Å². The number of nitrogens with zero attached hydrogens (tertiary/aromatic N) is 1. The lowest BCUT2D eigenvalue weighted by Crippen LogP contribution is -2.16. The van der Waals surface area contributed by atoms with Crippen molar-refractivity contribution in [2.75, 3.05) is 4.90 Å². The highest BCUT2D eigenvalue weighted by Crippen LogP contribution is 2.52.